The number of methoxy groups -OCH3 is 3. The van der Waals surface area contributed by atoms with Crippen LogP contribution in [0.2, 0.25) is 0 Å². The number of nitrogens with zero attached hydrogens (tertiary/aromatic N) is 3. The number of aromatic nitrogens is 3. The van der Waals surface area contributed by atoms with Crippen LogP contribution in [0.1, 0.15) is 11.4 Å². The molecular formula is C20H21N3O3. The van der Waals surface area contributed by atoms with E-state index < -0.39 is 0 Å². The highest BCUT2D eigenvalue weighted by molar-refractivity contribution is 5.83. The molecule has 0 aliphatic carbocycles. The molecule has 0 amide bonds. The van der Waals surface area contributed by atoms with Crippen LogP contribution >= 0.6 is 0 Å². The molecule has 6 nitrogen and oxygen atoms in total. The number of fused-ring (bicyclic) bond motifs is 3. The predicted molar refractivity (Wildman–Crippen MR) is 99.0 cm³/mol. The molecule has 0 fully saturated rings. The molecule has 0 spiro atoms. The highest BCUT2D eigenvalue weighted by Gasteiger charge is 2.26. The van der Waals surface area contributed by atoms with Crippen molar-refractivity contribution in [3.8, 4) is 39.8 Å². The van der Waals surface area contributed by atoms with Crippen molar-refractivity contribution in [2.45, 2.75) is 19.9 Å². The van der Waals surface area contributed by atoms with Crippen LogP contribution in [0, 0.1) is 6.92 Å². The Labute approximate surface area is 152 Å². The fourth-order valence-corrected chi connectivity index (χ4v) is 3.55. The monoisotopic (exact) mass is 351 g/mol. The van der Waals surface area contributed by atoms with E-state index >= 15 is 0 Å². The lowest BCUT2D eigenvalue weighted by Crippen LogP contribution is -2.12. The largest absolute Gasteiger partial charge is 0.495 e. The van der Waals surface area contributed by atoms with Gasteiger partial charge >= 0.3 is 0 Å². The van der Waals surface area contributed by atoms with E-state index in [4.69, 9.17) is 19.2 Å². The smallest absolute Gasteiger partial charge is 0.161 e. The van der Waals surface area contributed by atoms with E-state index in [0.29, 0.717) is 11.5 Å². The van der Waals surface area contributed by atoms with Gasteiger partial charge in [-0.3, -0.25) is 4.98 Å². The summed E-state index contributed by atoms with van der Waals surface area (Å²) in [6.45, 7) is 2.92. The number of imidazole rings is 1. The topological polar surface area (TPSA) is 58.4 Å². The third-order valence-corrected chi connectivity index (χ3v) is 4.85. The SMILES string of the molecule is COc1cncc(-c2nc(C)n3c2-c2cc(OC)c(OC)cc2CC3)c1. The first-order valence-electron chi connectivity index (χ1n) is 8.48. The highest BCUT2D eigenvalue weighted by atomic mass is 16.5. The van der Waals surface area contributed by atoms with E-state index in [1.807, 2.05) is 25.3 Å². The van der Waals surface area contributed by atoms with Crippen molar-refractivity contribution in [2.24, 2.45) is 0 Å². The second kappa shape index (κ2) is 6.37. The van der Waals surface area contributed by atoms with Crippen molar-refractivity contribution < 1.29 is 14.2 Å². The molecule has 1 aliphatic heterocycles. The molecule has 0 unspecified atom stereocenters. The maximum Gasteiger partial charge on any atom is 0.161 e. The summed E-state index contributed by atoms with van der Waals surface area (Å²) in [5, 5.41) is 0. The van der Waals surface area contributed by atoms with E-state index in [1.165, 1.54) is 5.56 Å². The summed E-state index contributed by atoms with van der Waals surface area (Å²) < 4.78 is 18.6. The first kappa shape index (κ1) is 16.4. The fraction of sp³-hybridized carbons (Fsp3) is 0.300. The quantitative estimate of drug-likeness (QED) is 0.720. The van der Waals surface area contributed by atoms with Crippen LogP contribution in [0.4, 0.5) is 0 Å². The van der Waals surface area contributed by atoms with Crippen LogP contribution < -0.4 is 14.2 Å². The van der Waals surface area contributed by atoms with Gasteiger partial charge in [-0.15, -0.1) is 0 Å². The zero-order chi connectivity index (χ0) is 18.3. The summed E-state index contributed by atoms with van der Waals surface area (Å²) in [5.74, 6) is 3.16. The molecule has 0 saturated carbocycles. The Morgan fingerprint density at radius 1 is 0.962 bits per heavy atom. The molecule has 134 valence electrons. The van der Waals surface area contributed by atoms with Crippen LogP contribution in [-0.4, -0.2) is 35.9 Å². The molecule has 26 heavy (non-hydrogen) atoms. The summed E-state index contributed by atoms with van der Waals surface area (Å²) in [7, 11) is 4.96. The first-order chi connectivity index (χ1) is 12.7. The van der Waals surface area contributed by atoms with Crippen molar-refractivity contribution in [3.05, 3.63) is 42.0 Å². The Hall–Kier alpha value is -3.02. The van der Waals surface area contributed by atoms with Crippen molar-refractivity contribution in [1.29, 1.82) is 0 Å². The minimum atomic E-state index is 0.713. The summed E-state index contributed by atoms with van der Waals surface area (Å²) in [4.78, 5) is 9.12. The molecule has 1 aliphatic rings. The number of ether oxygens (including phenoxy) is 3. The van der Waals surface area contributed by atoms with Crippen LogP contribution in [0.3, 0.4) is 0 Å². The average molecular weight is 351 g/mol. The van der Waals surface area contributed by atoms with Crippen molar-refractivity contribution in [2.75, 3.05) is 21.3 Å². The van der Waals surface area contributed by atoms with E-state index in [1.54, 1.807) is 27.5 Å². The lowest BCUT2D eigenvalue weighted by molar-refractivity contribution is 0.354. The number of rotatable bonds is 4. The van der Waals surface area contributed by atoms with E-state index in [0.717, 1.165) is 47.1 Å². The Bertz CT molecular complexity index is 979. The summed E-state index contributed by atoms with van der Waals surface area (Å²) in [5.41, 5.74) is 5.27. The number of hydrogen-bond acceptors (Lipinski definition) is 5. The zero-order valence-corrected chi connectivity index (χ0v) is 15.4. The van der Waals surface area contributed by atoms with Gasteiger partial charge in [0.1, 0.15) is 11.6 Å². The third-order valence-electron chi connectivity index (χ3n) is 4.85. The van der Waals surface area contributed by atoms with Gasteiger partial charge < -0.3 is 18.8 Å². The molecular weight excluding hydrogens is 330 g/mol. The predicted octanol–water partition coefficient (Wildman–Crippen LogP) is 3.50. The second-order valence-corrected chi connectivity index (χ2v) is 6.24. The minimum Gasteiger partial charge on any atom is -0.495 e. The van der Waals surface area contributed by atoms with Crippen molar-refractivity contribution >= 4 is 0 Å². The van der Waals surface area contributed by atoms with E-state index in [9.17, 15) is 0 Å². The maximum atomic E-state index is 5.52. The van der Waals surface area contributed by atoms with Crippen LogP contribution in [0.25, 0.3) is 22.5 Å². The van der Waals surface area contributed by atoms with Gasteiger partial charge in [-0.05, 0) is 37.1 Å². The van der Waals surface area contributed by atoms with Gasteiger partial charge in [-0.1, -0.05) is 0 Å². The van der Waals surface area contributed by atoms with Gasteiger partial charge in [0.25, 0.3) is 0 Å². The normalized spacial score (nSPS) is 12.3. The number of pyridine rings is 1. The third kappa shape index (κ3) is 2.49. The minimum absolute atomic E-state index is 0.713. The number of benzene rings is 1. The Kier molecular flexibility index (Phi) is 4.03. The Balaban J connectivity index is 1.95. The zero-order valence-electron chi connectivity index (χ0n) is 15.4. The molecule has 0 saturated heterocycles. The van der Waals surface area contributed by atoms with Crippen molar-refractivity contribution in [1.82, 2.24) is 14.5 Å². The molecule has 1 aromatic carbocycles. The molecule has 0 radical (unpaired) electrons. The van der Waals surface area contributed by atoms with E-state index in [-0.39, 0.29) is 0 Å². The summed E-state index contributed by atoms with van der Waals surface area (Å²) >= 11 is 0. The van der Waals surface area contributed by atoms with Gasteiger partial charge in [0.2, 0.25) is 0 Å². The number of aryl methyl sites for hydroxylation is 2. The molecule has 3 aromatic rings. The van der Waals surface area contributed by atoms with Gasteiger partial charge in [0.15, 0.2) is 11.5 Å². The molecule has 4 rings (SSSR count). The fourth-order valence-electron chi connectivity index (χ4n) is 3.55. The Morgan fingerprint density at radius 2 is 1.73 bits per heavy atom. The molecule has 3 heterocycles. The summed E-state index contributed by atoms with van der Waals surface area (Å²) in [6, 6.07) is 6.07. The first-order valence-corrected chi connectivity index (χ1v) is 8.48. The lowest BCUT2D eigenvalue weighted by Gasteiger charge is -2.22. The van der Waals surface area contributed by atoms with Gasteiger partial charge in [-0.2, -0.15) is 0 Å². The molecule has 0 N–H and O–H groups in total. The molecule has 6 heteroatoms. The summed E-state index contributed by atoms with van der Waals surface area (Å²) in [6.07, 6.45) is 4.44. The van der Waals surface area contributed by atoms with Crippen LogP contribution in [0.5, 0.6) is 17.2 Å². The van der Waals surface area contributed by atoms with Crippen LogP contribution in [0.15, 0.2) is 30.6 Å². The van der Waals surface area contributed by atoms with Gasteiger partial charge in [-0.25, -0.2) is 4.98 Å². The standard InChI is InChI=1S/C20H21N3O3/c1-12-22-19(14-7-15(24-2)11-21-10-14)20-16-9-18(26-4)17(25-3)8-13(16)5-6-23(12)20/h7-11H,5-6H2,1-4H3. The lowest BCUT2D eigenvalue weighted by atomic mass is 9.95. The van der Waals surface area contributed by atoms with Gasteiger partial charge in [0, 0.05) is 23.9 Å². The highest BCUT2D eigenvalue weighted by Crippen LogP contribution is 2.42. The van der Waals surface area contributed by atoms with Crippen LogP contribution in [-0.2, 0) is 13.0 Å². The van der Waals surface area contributed by atoms with Gasteiger partial charge in [0.05, 0.1) is 38.9 Å². The molecule has 0 bridgehead atoms. The Morgan fingerprint density at radius 3 is 2.46 bits per heavy atom. The average Bonchev–Trinajstić information content (AvgIpc) is 3.03. The maximum absolute atomic E-state index is 5.52. The second-order valence-electron chi connectivity index (χ2n) is 6.24. The molecule has 0 atom stereocenters. The van der Waals surface area contributed by atoms with Crippen molar-refractivity contribution in [3.63, 3.8) is 0 Å². The van der Waals surface area contributed by atoms with E-state index in [2.05, 4.69) is 15.6 Å². The molecule has 2 aromatic heterocycles. The number of hydrogen-bond donors (Lipinski definition) is 0.